The molecule has 0 aromatic heterocycles. The highest BCUT2D eigenvalue weighted by molar-refractivity contribution is 5.15. The highest BCUT2D eigenvalue weighted by Crippen LogP contribution is 2.31. The summed E-state index contributed by atoms with van der Waals surface area (Å²) in [7, 11) is 0. The topological polar surface area (TPSA) is 68.2 Å². The largest absolute Gasteiger partial charge is 0.393 e. The number of rotatable bonds is 10. The van der Waals surface area contributed by atoms with Gasteiger partial charge in [0.05, 0.1) is 50.8 Å². The summed E-state index contributed by atoms with van der Waals surface area (Å²) in [6.45, 7) is 1.58. The zero-order valence-electron chi connectivity index (χ0n) is 19.4. The normalized spacial score (nSPS) is 25.1. The Morgan fingerprint density at radius 1 is 0.618 bits per heavy atom. The van der Waals surface area contributed by atoms with Crippen LogP contribution in [0.25, 0.3) is 0 Å². The van der Waals surface area contributed by atoms with Crippen LogP contribution in [0.2, 0.25) is 0 Å². The monoisotopic (exact) mass is 462 g/mol. The fourth-order valence-corrected chi connectivity index (χ4v) is 4.48. The molecule has 3 aromatic rings. The van der Waals surface area contributed by atoms with Crippen molar-refractivity contribution in [3.8, 4) is 0 Å². The average Bonchev–Trinajstić information content (AvgIpc) is 2.98. The van der Waals surface area contributed by atoms with Gasteiger partial charge >= 0.3 is 0 Å². The first kappa shape index (κ1) is 24.6. The highest BCUT2D eigenvalue weighted by Gasteiger charge is 2.41. The van der Waals surface area contributed by atoms with Crippen molar-refractivity contribution in [2.24, 2.45) is 5.92 Å². The van der Waals surface area contributed by atoms with E-state index in [0.717, 1.165) is 16.7 Å². The van der Waals surface area contributed by atoms with E-state index < -0.39 is 18.3 Å². The van der Waals surface area contributed by atoms with Crippen molar-refractivity contribution in [2.45, 2.75) is 57.1 Å². The Balaban J connectivity index is 1.49. The van der Waals surface area contributed by atoms with E-state index in [2.05, 4.69) is 0 Å². The third-order valence-corrected chi connectivity index (χ3v) is 6.31. The number of aliphatic hydroxyl groups is 2. The number of ether oxygens (including phenoxy) is 3. The molecule has 4 rings (SSSR count). The van der Waals surface area contributed by atoms with Gasteiger partial charge in [0, 0.05) is 12.3 Å². The van der Waals surface area contributed by atoms with E-state index in [-0.39, 0.29) is 18.4 Å². The Morgan fingerprint density at radius 2 is 1.12 bits per heavy atom. The minimum absolute atomic E-state index is 0.274. The SMILES string of the molecule is O[C@H]1C[C@H](O)[C@H](COCc2ccccc2)[C@H](OCc2ccccc2)[C@H](OCc2ccccc2)C1. The molecule has 1 aliphatic carbocycles. The van der Waals surface area contributed by atoms with Gasteiger partial charge in [-0.1, -0.05) is 91.0 Å². The van der Waals surface area contributed by atoms with Crippen molar-refractivity contribution in [1.82, 2.24) is 0 Å². The number of hydrogen-bond acceptors (Lipinski definition) is 5. The second-order valence-corrected chi connectivity index (χ2v) is 8.95. The van der Waals surface area contributed by atoms with Crippen LogP contribution in [0.15, 0.2) is 91.0 Å². The van der Waals surface area contributed by atoms with Crippen LogP contribution in [0.1, 0.15) is 29.5 Å². The molecule has 3 aromatic carbocycles. The van der Waals surface area contributed by atoms with E-state index in [0.29, 0.717) is 32.8 Å². The first-order chi connectivity index (χ1) is 16.7. The minimum atomic E-state index is -0.753. The lowest BCUT2D eigenvalue weighted by Gasteiger charge is -2.33. The molecule has 0 unspecified atom stereocenters. The van der Waals surface area contributed by atoms with Crippen molar-refractivity contribution in [2.75, 3.05) is 6.61 Å². The molecule has 34 heavy (non-hydrogen) atoms. The van der Waals surface area contributed by atoms with Crippen LogP contribution in [0, 0.1) is 5.92 Å². The zero-order chi connectivity index (χ0) is 23.6. The molecule has 1 aliphatic rings. The quantitative estimate of drug-likeness (QED) is 0.434. The summed E-state index contributed by atoms with van der Waals surface area (Å²) in [6, 6.07) is 29.9. The van der Waals surface area contributed by atoms with Gasteiger partial charge in [-0.25, -0.2) is 0 Å². The van der Waals surface area contributed by atoms with Crippen LogP contribution in [0.5, 0.6) is 0 Å². The molecule has 0 heterocycles. The van der Waals surface area contributed by atoms with Gasteiger partial charge in [-0.05, 0) is 23.1 Å². The molecule has 0 radical (unpaired) electrons. The fourth-order valence-electron chi connectivity index (χ4n) is 4.48. The maximum atomic E-state index is 11.0. The molecule has 0 aliphatic heterocycles. The second-order valence-electron chi connectivity index (χ2n) is 8.95. The summed E-state index contributed by atoms with van der Waals surface area (Å²) in [5.41, 5.74) is 3.18. The summed E-state index contributed by atoms with van der Waals surface area (Å²) in [4.78, 5) is 0. The summed E-state index contributed by atoms with van der Waals surface area (Å²) in [5, 5.41) is 21.6. The molecule has 1 saturated carbocycles. The predicted molar refractivity (Wildman–Crippen MR) is 131 cm³/mol. The second kappa shape index (κ2) is 12.8. The highest BCUT2D eigenvalue weighted by atomic mass is 16.5. The van der Waals surface area contributed by atoms with E-state index in [1.165, 1.54) is 0 Å². The molecule has 0 amide bonds. The van der Waals surface area contributed by atoms with Crippen LogP contribution in [-0.4, -0.2) is 41.2 Å². The standard InChI is InChI=1S/C29H34O5/c30-25-16-27(31)26(21-32-18-22-10-4-1-5-11-22)29(34-20-24-14-8-3-9-15-24)28(17-25)33-19-23-12-6-2-7-13-23/h1-15,25-31H,16-21H2/t25-,26-,27-,28+,29-/m0/s1. The first-order valence-corrected chi connectivity index (χ1v) is 12.0. The third kappa shape index (κ3) is 7.23. The van der Waals surface area contributed by atoms with Crippen molar-refractivity contribution in [3.05, 3.63) is 108 Å². The molecule has 0 bridgehead atoms. The van der Waals surface area contributed by atoms with Crippen LogP contribution in [0.4, 0.5) is 0 Å². The fraction of sp³-hybridized carbons (Fsp3) is 0.379. The van der Waals surface area contributed by atoms with Gasteiger partial charge < -0.3 is 24.4 Å². The molecule has 5 atom stereocenters. The molecule has 5 heteroatoms. The number of benzene rings is 3. The van der Waals surface area contributed by atoms with Gasteiger partial charge in [-0.3, -0.25) is 0 Å². The summed E-state index contributed by atoms with van der Waals surface area (Å²) < 4.78 is 18.8. The molecule has 180 valence electrons. The molecule has 1 fully saturated rings. The van der Waals surface area contributed by atoms with Gasteiger partial charge in [0.15, 0.2) is 0 Å². The van der Waals surface area contributed by atoms with E-state index in [1.807, 2.05) is 91.0 Å². The minimum Gasteiger partial charge on any atom is -0.393 e. The van der Waals surface area contributed by atoms with Crippen molar-refractivity contribution >= 4 is 0 Å². The molecular formula is C29H34O5. The maximum absolute atomic E-state index is 11.0. The van der Waals surface area contributed by atoms with Gasteiger partial charge in [-0.15, -0.1) is 0 Å². The lowest BCUT2D eigenvalue weighted by atomic mass is 9.93. The van der Waals surface area contributed by atoms with E-state index in [4.69, 9.17) is 14.2 Å². The Morgan fingerprint density at radius 3 is 1.68 bits per heavy atom. The third-order valence-electron chi connectivity index (χ3n) is 6.31. The summed E-state index contributed by atoms with van der Waals surface area (Å²) in [5.74, 6) is -0.328. The van der Waals surface area contributed by atoms with Gasteiger partial charge in [0.1, 0.15) is 0 Å². The van der Waals surface area contributed by atoms with Crippen LogP contribution >= 0.6 is 0 Å². The Labute approximate surface area is 201 Å². The molecule has 2 N–H and O–H groups in total. The van der Waals surface area contributed by atoms with E-state index in [9.17, 15) is 10.2 Å². The van der Waals surface area contributed by atoms with Crippen molar-refractivity contribution in [3.63, 3.8) is 0 Å². The maximum Gasteiger partial charge on any atom is 0.0917 e. The summed E-state index contributed by atoms with van der Waals surface area (Å²) in [6.07, 6.45) is -1.54. The van der Waals surface area contributed by atoms with Gasteiger partial charge in [0.2, 0.25) is 0 Å². The lowest BCUT2D eigenvalue weighted by Crippen LogP contribution is -2.43. The lowest BCUT2D eigenvalue weighted by molar-refractivity contribution is -0.139. The average molecular weight is 463 g/mol. The Bertz CT molecular complexity index is 950. The first-order valence-electron chi connectivity index (χ1n) is 12.0. The number of hydrogen-bond donors (Lipinski definition) is 2. The van der Waals surface area contributed by atoms with E-state index >= 15 is 0 Å². The molecule has 0 spiro atoms. The van der Waals surface area contributed by atoms with Gasteiger partial charge in [0.25, 0.3) is 0 Å². The van der Waals surface area contributed by atoms with Crippen molar-refractivity contribution in [1.29, 1.82) is 0 Å². The van der Waals surface area contributed by atoms with E-state index in [1.54, 1.807) is 0 Å². The van der Waals surface area contributed by atoms with Crippen LogP contribution in [-0.2, 0) is 34.0 Å². The Kier molecular flexibility index (Phi) is 9.25. The van der Waals surface area contributed by atoms with Crippen LogP contribution in [0.3, 0.4) is 0 Å². The predicted octanol–water partition coefficient (Wildman–Crippen LogP) is 4.51. The molecule has 5 nitrogen and oxygen atoms in total. The number of aliphatic hydroxyl groups excluding tert-OH is 2. The Hall–Kier alpha value is -2.54. The zero-order valence-corrected chi connectivity index (χ0v) is 19.4. The van der Waals surface area contributed by atoms with Gasteiger partial charge in [-0.2, -0.15) is 0 Å². The molecule has 0 saturated heterocycles. The summed E-state index contributed by atoms with van der Waals surface area (Å²) >= 11 is 0. The van der Waals surface area contributed by atoms with Crippen LogP contribution < -0.4 is 0 Å². The smallest absolute Gasteiger partial charge is 0.0917 e. The molecular weight excluding hydrogens is 428 g/mol. The van der Waals surface area contributed by atoms with Crippen molar-refractivity contribution < 1.29 is 24.4 Å².